The second-order valence-corrected chi connectivity index (χ2v) is 6.67. The highest BCUT2D eigenvalue weighted by Crippen LogP contribution is 2.31. The maximum Gasteiger partial charge on any atom is 0.298 e. The van der Waals surface area contributed by atoms with E-state index in [9.17, 15) is 9.59 Å². The third kappa shape index (κ3) is 4.09. The van der Waals surface area contributed by atoms with Crippen LogP contribution in [-0.2, 0) is 16.6 Å². The lowest BCUT2D eigenvalue weighted by Gasteiger charge is -2.40. The molecule has 2 amide bonds. The zero-order chi connectivity index (χ0) is 19.6. The molecular weight excluding hydrogens is 368 g/mol. The van der Waals surface area contributed by atoms with Gasteiger partial charge in [-0.05, 0) is 41.8 Å². The van der Waals surface area contributed by atoms with Crippen LogP contribution in [0.4, 0.5) is 0 Å². The molecule has 1 saturated heterocycles. The van der Waals surface area contributed by atoms with E-state index in [2.05, 4.69) is 27.3 Å². The number of nitrogens with zero attached hydrogens (tertiary/aromatic N) is 6. The van der Waals surface area contributed by atoms with E-state index in [4.69, 9.17) is 11.6 Å². The van der Waals surface area contributed by atoms with Gasteiger partial charge in [0.2, 0.25) is 11.7 Å². The van der Waals surface area contributed by atoms with E-state index in [-0.39, 0.29) is 17.9 Å². The number of carbonyl (C=O) groups excluding carboxylic acids is 2. The fraction of sp³-hybridized carbons (Fsp3) is 0.389. The Bertz CT molecular complexity index is 945. The molecule has 1 atom stereocenters. The van der Waals surface area contributed by atoms with Crippen LogP contribution < -0.4 is 0 Å². The summed E-state index contributed by atoms with van der Waals surface area (Å²) in [6.45, 7) is 4.37. The van der Waals surface area contributed by atoms with Crippen LogP contribution in [0.5, 0.6) is 0 Å². The van der Waals surface area contributed by atoms with Crippen molar-refractivity contribution in [2.75, 3.05) is 19.6 Å². The lowest BCUT2D eigenvalue weighted by atomic mass is 9.99. The minimum Gasteiger partial charge on any atom is -0.332 e. The van der Waals surface area contributed by atoms with E-state index in [1.807, 2.05) is 6.07 Å². The number of tetrazole rings is 1. The molecule has 0 spiro atoms. The number of rotatable bonds is 2. The van der Waals surface area contributed by atoms with Gasteiger partial charge in [-0.1, -0.05) is 17.5 Å². The quantitative estimate of drug-likeness (QED) is 0.726. The van der Waals surface area contributed by atoms with E-state index in [1.54, 1.807) is 35.9 Å². The summed E-state index contributed by atoms with van der Waals surface area (Å²) in [7, 11) is 1.68. The number of piperazine rings is 1. The number of aromatic nitrogens is 4. The first-order valence-electron chi connectivity index (χ1n) is 8.42. The van der Waals surface area contributed by atoms with Gasteiger partial charge in [-0.2, -0.15) is 4.80 Å². The minimum atomic E-state index is -0.326. The van der Waals surface area contributed by atoms with Crippen LogP contribution in [-0.4, -0.2) is 61.5 Å². The summed E-state index contributed by atoms with van der Waals surface area (Å²) in [5, 5.41) is 12.6. The van der Waals surface area contributed by atoms with Gasteiger partial charge >= 0.3 is 0 Å². The molecule has 27 heavy (non-hydrogen) atoms. The van der Waals surface area contributed by atoms with Crippen LogP contribution in [0.1, 0.15) is 25.5 Å². The average Bonchev–Trinajstić information content (AvgIpc) is 3.07. The highest BCUT2D eigenvalue weighted by Gasteiger charge is 2.32. The molecule has 9 heteroatoms. The van der Waals surface area contributed by atoms with Crippen molar-refractivity contribution in [3.8, 4) is 23.2 Å². The van der Waals surface area contributed by atoms with Crippen LogP contribution in [0.2, 0.25) is 5.02 Å². The summed E-state index contributed by atoms with van der Waals surface area (Å²) >= 11 is 6.31. The average molecular weight is 387 g/mol. The standard InChI is InChI=1S/C18H19ClN6O2/c1-4-5-17(27)24-6-7-25(12(2)26)16(11-24)13-8-14(10-15(19)9-13)18-20-22-23(3)21-18/h8-10,16H,6-7,11H2,1-3H3/t16-/m1/s1. The van der Waals surface area contributed by atoms with E-state index >= 15 is 0 Å². The predicted octanol–water partition coefficient (Wildman–Crippen LogP) is 1.29. The molecule has 1 fully saturated rings. The van der Waals surface area contributed by atoms with E-state index < -0.39 is 0 Å². The van der Waals surface area contributed by atoms with Crippen molar-refractivity contribution < 1.29 is 9.59 Å². The van der Waals surface area contributed by atoms with Gasteiger partial charge in [-0.3, -0.25) is 9.59 Å². The largest absolute Gasteiger partial charge is 0.332 e. The number of hydrogen-bond donors (Lipinski definition) is 0. The molecule has 1 aromatic carbocycles. The number of aryl methyl sites for hydroxylation is 1. The molecule has 2 heterocycles. The van der Waals surface area contributed by atoms with Crippen molar-refractivity contribution in [3.05, 3.63) is 28.8 Å². The van der Waals surface area contributed by atoms with Crippen molar-refractivity contribution in [2.45, 2.75) is 19.9 Å². The number of halogens is 1. The second-order valence-electron chi connectivity index (χ2n) is 6.23. The molecule has 0 radical (unpaired) electrons. The third-order valence-corrected chi connectivity index (χ3v) is 4.59. The van der Waals surface area contributed by atoms with Gasteiger partial charge in [0, 0.05) is 37.1 Å². The molecule has 0 N–H and O–H groups in total. The number of hydrogen-bond acceptors (Lipinski definition) is 5. The molecule has 0 aliphatic carbocycles. The molecule has 0 bridgehead atoms. The summed E-state index contributed by atoms with van der Waals surface area (Å²) in [5.74, 6) is 5.32. The zero-order valence-electron chi connectivity index (χ0n) is 15.3. The fourth-order valence-electron chi connectivity index (χ4n) is 3.15. The fourth-order valence-corrected chi connectivity index (χ4v) is 3.39. The Morgan fingerprint density at radius 3 is 2.67 bits per heavy atom. The number of amides is 2. The Kier molecular flexibility index (Phi) is 5.42. The van der Waals surface area contributed by atoms with Gasteiger partial charge in [0.25, 0.3) is 5.91 Å². The molecule has 8 nitrogen and oxygen atoms in total. The lowest BCUT2D eigenvalue weighted by molar-refractivity contribution is -0.139. The first kappa shape index (κ1) is 18.9. The summed E-state index contributed by atoms with van der Waals surface area (Å²) in [4.78, 5) is 29.1. The third-order valence-electron chi connectivity index (χ3n) is 4.38. The summed E-state index contributed by atoms with van der Waals surface area (Å²) in [6, 6.07) is 5.09. The Morgan fingerprint density at radius 2 is 2.04 bits per heavy atom. The normalized spacial score (nSPS) is 16.7. The lowest BCUT2D eigenvalue weighted by Crippen LogP contribution is -2.51. The van der Waals surface area contributed by atoms with Gasteiger partial charge in [0.1, 0.15) is 0 Å². The van der Waals surface area contributed by atoms with E-state index in [1.165, 1.54) is 11.7 Å². The summed E-state index contributed by atoms with van der Waals surface area (Å²) in [5.41, 5.74) is 1.51. The SMILES string of the molecule is CC#CC(=O)N1CCN(C(C)=O)[C@@H](c2cc(Cl)cc(-c3nnn(C)n3)c2)C1. The van der Waals surface area contributed by atoms with Crippen molar-refractivity contribution in [2.24, 2.45) is 7.05 Å². The topological polar surface area (TPSA) is 84.2 Å². The number of benzene rings is 1. The van der Waals surface area contributed by atoms with Gasteiger partial charge < -0.3 is 9.80 Å². The molecule has 2 aromatic rings. The van der Waals surface area contributed by atoms with Crippen LogP contribution >= 0.6 is 11.6 Å². The van der Waals surface area contributed by atoms with Crippen molar-refractivity contribution in [1.82, 2.24) is 30.0 Å². The summed E-state index contributed by atoms with van der Waals surface area (Å²) < 4.78 is 0. The molecule has 3 rings (SSSR count). The molecule has 1 aliphatic rings. The van der Waals surface area contributed by atoms with Crippen molar-refractivity contribution in [3.63, 3.8) is 0 Å². The van der Waals surface area contributed by atoms with E-state index in [0.717, 1.165) is 5.56 Å². The van der Waals surface area contributed by atoms with Crippen LogP contribution in [0.3, 0.4) is 0 Å². The van der Waals surface area contributed by atoms with Crippen LogP contribution in [0.15, 0.2) is 18.2 Å². The smallest absolute Gasteiger partial charge is 0.298 e. The van der Waals surface area contributed by atoms with Gasteiger partial charge in [-0.15, -0.1) is 10.2 Å². The Balaban J connectivity index is 1.99. The Labute approximate surface area is 162 Å². The van der Waals surface area contributed by atoms with E-state index in [0.29, 0.717) is 36.0 Å². The predicted molar refractivity (Wildman–Crippen MR) is 99.4 cm³/mol. The van der Waals surface area contributed by atoms with Gasteiger partial charge in [0.15, 0.2) is 0 Å². The summed E-state index contributed by atoms with van der Waals surface area (Å²) in [6.07, 6.45) is 0. The first-order chi connectivity index (χ1) is 12.9. The maximum atomic E-state index is 12.2. The molecule has 140 valence electrons. The highest BCUT2D eigenvalue weighted by atomic mass is 35.5. The van der Waals surface area contributed by atoms with Gasteiger partial charge in [0.05, 0.1) is 13.1 Å². The highest BCUT2D eigenvalue weighted by molar-refractivity contribution is 6.31. The molecule has 0 unspecified atom stereocenters. The van der Waals surface area contributed by atoms with Crippen molar-refractivity contribution in [1.29, 1.82) is 0 Å². The van der Waals surface area contributed by atoms with Crippen LogP contribution in [0.25, 0.3) is 11.4 Å². The Hall–Kier alpha value is -2.92. The number of carbonyl (C=O) groups is 2. The van der Waals surface area contributed by atoms with Gasteiger partial charge in [-0.25, -0.2) is 0 Å². The Morgan fingerprint density at radius 1 is 1.26 bits per heavy atom. The molecule has 1 aliphatic heterocycles. The maximum absolute atomic E-state index is 12.2. The minimum absolute atomic E-state index is 0.0622. The second kappa shape index (κ2) is 7.76. The van der Waals surface area contributed by atoms with Crippen LogP contribution in [0, 0.1) is 11.8 Å². The zero-order valence-corrected chi connectivity index (χ0v) is 16.1. The molecule has 1 aromatic heterocycles. The monoisotopic (exact) mass is 386 g/mol. The molecular formula is C18H19ClN6O2. The van der Waals surface area contributed by atoms with Crippen molar-refractivity contribution >= 4 is 23.4 Å². The molecule has 0 saturated carbocycles. The first-order valence-corrected chi connectivity index (χ1v) is 8.80.